The van der Waals surface area contributed by atoms with Gasteiger partial charge in [-0.1, -0.05) is 36.4 Å². The minimum absolute atomic E-state index is 0.0754. The predicted molar refractivity (Wildman–Crippen MR) is 158 cm³/mol. The molecule has 7 heteroatoms. The van der Waals surface area contributed by atoms with E-state index in [1.54, 1.807) is 19.2 Å². The van der Waals surface area contributed by atoms with Crippen LogP contribution in [-0.4, -0.2) is 53.5 Å². The van der Waals surface area contributed by atoms with E-state index in [0.717, 1.165) is 54.4 Å². The Bertz CT molecular complexity index is 1590. The number of hydrogen-bond acceptors (Lipinski definition) is 4. The molecule has 0 atom stereocenters. The van der Waals surface area contributed by atoms with E-state index in [4.69, 9.17) is 4.74 Å². The Hall–Kier alpha value is -3.68. The average Bonchev–Trinajstić information content (AvgIpc) is 3.37. The van der Waals surface area contributed by atoms with Gasteiger partial charge in [-0.15, -0.1) is 0 Å². The topological polar surface area (TPSA) is 68.8 Å². The number of nitrogens with one attached hydrogen (secondary N) is 1. The third kappa shape index (κ3) is 4.52. The van der Waals surface area contributed by atoms with E-state index < -0.39 is 5.54 Å². The van der Waals surface area contributed by atoms with E-state index in [9.17, 15) is 14.3 Å². The molecule has 41 heavy (non-hydrogen) atoms. The van der Waals surface area contributed by atoms with Gasteiger partial charge in [0.2, 0.25) is 5.91 Å². The van der Waals surface area contributed by atoms with Gasteiger partial charge in [-0.25, -0.2) is 4.39 Å². The number of aliphatic hydroxyl groups is 1. The number of rotatable bonds is 6. The molecule has 3 aromatic carbocycles. The lowest BCUT2D eigenvalue weighted by Crippen LogP contribution is -2.58. The summed E-state index contributed by atoms with van der Waals surface area (Å²) in [7, 11) is 5.72. The molecule has 6 nitrogen and oxygen atoms in total. The molecule has 1 aliphatic heterocycles. The summed E-state index contributed by atoms with van der Waals surface area (Å²) >= 11 is 0. The summed E-state index contributed by atoms with van der Waals surface area (Å²) in [6.45, 7) is 0.496. The Balaban J connectivity index is 1.40. The van der Waals surface area contributed by atoms with Crippen molar-refractivity contribution in [3.8, 4) is 5.75 Å². The number of hydrogen-bond donors (Lipinski definition) is 2. The lowest BCUT2D eigenvalue weighted by Gasteiger charge is -2.55. The molecule has 0 saturated heterocycles. The Kier molecular flexibility index (Phi) is 7.12. The number of nitrogens with zero attached hydrogens (tertiary/aromatic N) is 2. The number of carbonyl (C=O) groups excluding carboxylic acids is 1. The highest BCUT2D eigenvalue weighted by molar-refractivity contribution is 5.87. The smallest absolute Gasteiger partial charge is 0.227 e. The van der Waals surface area contributed by atoms with Crippen molar-refractivity contribution >= 4 is 16.8 Å². The third-order valence-corrected chi connectivity index (χ3v) is 9.67. The van der Waals surface area contributed by atoms with Crippen LogP contribution in [0.5, 0.6) is 5.75 Å². The van der Waals surface area contributed by atoms with Crippen LogP contribution in [0.3, 0.4) is 0 Å². The van der Waals surface area contributed by atoms with Gasteiger partial charge in [0.25, 0.3) is 0 Å². The number of halogens is 1. The summed E-state index contributed by atoms with van der Waals surface area (Å²) in [4.78, 5) is 22.3. The molecule has 2 N–H and O–H groups in total. The molecule has 214 valence electrons. The molecule has 1 saturated carbocycles. The van der Waals surface area contributed by atoms with Crippen molar-refractivity contribution < 1.29 is 19.0 Å². The first-order valence-electron chi connectivity index (χ1n) is 14.4. The molecule has 2 aliphatic rings. The van der Waals surface area contributed by atoms with Crippen LogP contribution >= 0.6 is 0 Å². The molecule has 1 fully saturated rings. The van der Waals surface area contributed by atoms with Gasteiger partial charge in [-0.3, -0.25) is 9.69 Å². The maximum Gasteiger partial charge on any atom is 0.227 e. The SMILES string of the molecule is COc1ccc(CC(=O)N2CCc3c4ccccc4[nH]c3[C@]23CC[C@](c2cccc(F)c2)(N(C)C)CC3)cc1CO. The van der Waals surface area contributed by atoms with Crippen LogP contribution in [0.4, 0.5) is 4.39 Å². The number of aromatic amines is 1. The minimum Gasteiger partial charge on any atom is -0.496 e. The normalized spacial score (nSPS) is 22.3. The summed E-state index contributed by atoms with van der Waals surface area (Å²) in [5.74, 6) is 0.468. The van der Waals surface area contributed by atoms with Gasteiger partial charge in [0.15, 0.2) is 0 Å². The molecule has 1 aromatic heterocycles. The number of fused-ring (bicyclic) bond motifs is 4. The number of ether oxygens (including phenoxy) is 1. The van der Waals surface area contributed by atoms with Crippen LogP contribution in [0.25, 0.3) is 10.9 Å². The van der Waals surface area contributed by atoms with E-state index >= 15 is 0 Å². The van der Waals surface area contributed by atoms with Crippen LogP contribution in [0.1, 0.15) is 53.6 Å². The molecule has 1 aliphatic carbocycles. The van der Waals surface area contributed by atoms with Crippen LogP contribution in [0.2, 0.25) is 0 Å². The number of carbonyl (C=O) groups is 1. The fourth-order valence-electron chi connectivity index (χ4n) is 7.50. The highest BCUT2D eigenvalue weighted by Gasteiger charge is 2.53. The summed E-state index contributed by atoms with van der Waals surface area (Å²) in [6, 6.07) is 21.0. The quantitative estimate of drug-likeness (QED) is 0.322. The second kappa shape index (κ2) is 10.6. The molecule has 1 amide bonds. The lowest BCUT2D eigenvalue weighted by atomic mass is 9.65. The highest BCUT2D eigenvalue weighted by atomic mass is 19.1. The van der Waals surface area contributed by atoms with E-state index in [1.807, 2.05) is 30.3 Å². The molecule has 2 heterocycles. The molecule has 0 unspecified atom stereocenters. The number of para-hydroxylation sites is 1. The van der Waals surface area contributed by atoms with Crippen molar-refractivity contribution in [2.75, 3.05) is 27.7 Å². The molecule has 6 rings (SSSR count). The van der Waals surface area contributed by atoms with Crippen LogP contribution in [0.15, 0.2) is 66.7 Å². The minimum atomic E-state index is -0.483. The maximum atomic E-state index is 14.4. The zero-order chi connectivity index (χ0) is 28.8. The molecular weight excluding hydrogens is 517 g/mol. The molecule has 0 radical (unpaired) electrons. The van der Waals surface area contributed by atoms with E-state index in [-0.39, 0.29) is 30.3 Å². The van der Waals surface area contributed by atoms with Gasteiger partial charge in [0.05, 0.1) is 25.7 Å². The highest BCUT2D eigenvalue weighted by Crippen LogP contribution is 2.53. The van der Waals surface area contributed by atoms with Crippen molar-refractivity contribution in [3.63, 3.8) is 0 Å². The average molecular weight is 556 g/mol. The van der Waals surface area contributed by atoms with Gasteiger partial charge in [0.1, 0.15) is 11.6 Å². The number of methoxy groups -OCH3 is 1. The summed E-state index contributed by atoms with van der Waals surface area (Å²) in [5.41, 5.74) is 5.26. The first kappa shape index (κ1) is 27.5. The van der Waals surface area contributed by atoms with Gasteiger partial charge in [0, 0.05) is 34.2 Å². The summed E-state index contributed by atoms with van der Waals surface area (Å²) < 4.78 is 19.8. The zero-order valence-electron chi connectivity index (χ0n) is 24.0. The number of aromatic nitrogens is 1. The monoisotopic (exact) mass is 555 g/mol. The maximum absolute atomic E-state index is 14.4. The molecule has 1 spiro atoms. The van der Waals surface area contributed by atoms with E-state index in [1.165, 1.54) is 17.0 Å². The summed E-state index contributed by atoms with van der Waals surface area (Å²) in [6.07, 6.45) is 4.14. The Morgan fingerprint density at radius 3 is 2.54 bits per heavy atom. The third-order valence-electron chi connectivity index (χ3n) is 9.67. The standard InChI is InChI=1S/C34H38FN3O3/c1-37(2)33(25-7-6-8-26(35)21-25)14-16-34(17-15-33)32-28(27-9-4-5-10-29(27)36-32)13-18-38(34)31(40)20-23-11-12-30(41-3)24(19-23)22-39/h4-12,19,21,36,39H,13-18,20,22H2,1-3H3/t33-,34+. The largest absolute Gasteiger partial charge is 0.496 e. The fraction of sp³-hybridized carbons (Fsp3) is 0.382. The predicted octanol–water partition coefficient (Wildman–Crippen LogP) is 5.66. The zero-order valence-corrected chi connectivity index (χ0v) is 24.0. The number of H-pyrrole nitrogens is 1. The van der Waals surface area contributed by atoms with Gasteiger partial charge in [-0.2, -0.15) is 0 Å². The molecule has 4 aromatic rings. The Labute approximate surface area is 240 Å². The number of aliphatic hydroxyl groups excluding tert-OH is 1. The van der Waals surface area contributed by atoms with E-state index in [2.05, 4.69) is 47.1 Å². The number of amides is 1. The first-order valence-corrected chi connectivity index (χ1v) is 14.4. The van der Waals surface area contributed by atoms with Gasteiger partial charge in [-0.05, 0) is 93.2 Å². The van der Waals surface area contributed by atoms with E-state index in [0.29, 0.717) is 17.9 Å². The van der Waals surface area contributed by atoms with Crippen molar-refractivity contribution in [1.29, 1.82) is 0 Å². The van der Waals surface area contributed by atoms with Crippen molar-refractivity contribution in [1.82, 2.24) is 14.8 Å². The van der Waals surface area contributed by atoms with Crippen LogP contribution < -0.4 is 4.74 Å². The second-order valence-corrected chi connectivity index (χ2v) is 11.8. The Morgan fingerprint density at radius 2 is 1.83 bits per heavy atom. The van der Waals surface area contributed by atoms with Gasteiger partial charge < -0.3 is 19.7 Å². The second-order valence-electron chi connectivity index (χ2n) is 11.8. The first-order chi connectivity index (χ1) is 19.8. The van der Waals surface area contributed by atoms with Crippen LogP contribution in [0, 0.1) is 5.82 Å². The molecule has 0 bridgehead atoms. The van der Waals surface area contributed by atoms with Crippen molar-refractivity contribution in [2.45, 2.75) is 56.2 Å². The summed E-state index contributed by atoms with van der Waals surface area (Å²) in [5, 5.41) is 11.1. The van der Waals surface area contributed by atoms with Crippen LogP contribution in [-0.2, 0) is 35.3 Å². The molecular formula is C34H38FN3O3. The van der Waals surface area contributed by atoms with Gasteiger partial charge >= 0.3 is 0 Å². The fourth-order valence-corrected chi connectivity index (χ4v) is 7.50. The number of benzene rings is 3. The Morgan fingerprint density at radius 1 is 1.05 bits per heavy atom. The van der Waals surface area contributed by atoms with Crippen molar-refractivity contribution in [2.24, 2.45) is 0 Å². The lowest BCUT2D eigenvalue weighted by molar-refractivity contribution is -0.142. The van der Waals surface area contributed by atoms with Crippen molar-refractivity contribution in [3.05, 3.63) is 100 Å².